The minimum absolute atomic E-state index is 0.327. The molecule has 0 unspecified atom stereocenters. The Balaban J connectivity index is 1.60. The quantitative estimate of drug-likeness (QED) is 0.505. The van der Waals surface area contributed by atoms with Gasteiger partial charge in [-0.2, -0.15) is 10.1 Å². The highest BCUT2D eigenvalue weighted by atomic mass is 16.5. The number of aromatic nitrogens is 3. The first-order valence-electron chi connectivity index (χ1n) is 13.2. The fraction of sp³-hybridized carbons (Fsp3) is 0.448. The maximum Gasteiger partial charge on any atom is 0.280 e. The molecule has 200 valence electrons. The van der Waals surface area contributed by atoms with Crippen LogP contribution in [0.25, 0.3) is 11.3 Å². The second-order valence-electron chi connectivity index (χ2n) is 10.6. The van der Waals surface area contributed by atoms with Crippen LogP contribution in [0.1, 0.15) is 66.7 Å². The molecule has 2 aliphatic rings. The maximum absolute atomic E-state index is 13.6. The predicted octanol–water partition coefficient (Wildman–Crippen LogP) is 5.30. The van der Waals surface area contributed by atoms with Crippen LogP contribution < -0.4 is 15.0 Å². The molecule has 0 fully saturated rings. The molecule has 3 aromatic rings. The Kier molecular flexibility index (Phi) is 7.21. The number of hydrogen-bond acceptors (Lipinski definition) is 7. The van der Waals surface area contributed by atoms with Crippen LogP contribution in [0.2, 0.25) is 0 Å². The van der Waals surface area contributed by atoms with Crippen LogP contribution >= 0.6 is 0 Å². The summed E-state index contributed by atoms with van der Waals surface area (Å²) < 4.78 is 13.4. The summed E-state index contributed by atoms with van der Waals surface area (Å²) in [7, 11) is 3.56. The van der Waals surface area contributed by atoms with E-state index in [0.29, 0.717) is 48.1 Å². The van der Waals surface area contributed by atoms with Crippen molar-refractivity contribution in [2.75, 3.05) is 30.5 Å². The van der Waals surface area contributed by atoms with Gasteiger partial charge in [-0.3, -0.25) is 9.78 Å². The predicted molar refractivity (Wildman–Crippen MR) is 149 cm³/mol. The van der Waals surface area contributed by atoms with Crippen molar-refractivity contribution in [3.05, 3.63) is 52.8 Å². The van der Waals surface area contributed by atoms with Crippen molar-refractivity contribution >= 4 is 23.2 Å². The minimum Gasteiger partial charge on any atom is -0.477 e. The van der Waals surface area contributed by atoms with Crippen molar-refractivity contribution in [1.29, 1.82) is 0 Å². The summed E-state index contributed by atoms with van der Waals surface area (Å²) >= 11 is 0. The van der Waals surface area contributed by atoms with Crippen LogP contribution in [-0.2, 0) is 18.4 Å². The molecule has 2 aliphatic heterocycles. The fourth-order valence-electron chi connectivity index (χ4n) is 5.23. The Morgan fingerprint density at radius 2 is 2.05 bits per heavy atom. The number of methoxy groups -OCH3 is 1. The molecule has 1 aromatic carbocycles. The van der Waals surface area contributed by atoms with Crippen molar-refractivity contribution in [2.24, 2.45) is 18.0 Å². The van der Waals surface area contributed by atoms with Crippen molar-refractivity contribution in [2.45, 2.75) is 53.1 Å². The van der Waals surface area contributed by atoms with E-state index in [0.717, 1.165) is 47.6 Å². The molecular formula is C29H36N6O3. The highest BCUT2D eigenvalue weighted by molar-refractivity contribution is 6.19. The van der Waals surface area contributed by atoms with Gasteiger partial charge in [-0.15, -0.1) is 0 Å². The number of fused-ring (bicyclic) bond motifs is 7. The molecule has 4 heterocycles. The first-order valence-corrected chi connectivity index (χ1v) is 13.2. The second kappa shape index (κ2) is 10.6. The number of benzene rings is 1. The van der Waals surface area contributed by atoms with Crippen LogP contribution in [0.4, 0.5) is 11.4 Å². The van der Waals surface area contributed by atoms with Crippen molar-refractivity contribution in [3.8, 4) is 17.1 Å². The molecule has 2 bridgehead atoms. The van der Waals surface area contributed by atoms with E-state index >= 15 is 0 Å². The first kappa shape index (κ1) is 25.9. The third-order valence-electron chi connectivity index (χ3n) is 7.11. The lowest BCUT2D eigenvalue weighted by Gasteiger charge is -2.24. The monoisotopic (exact) mass is 516 g/mol. The number of aryl methyl sites for hydroxylation is 2. The Hall–Kier alpha value is -3.72. The third kappa shape index (κ3) is 5.03. The lowest BCUT2D eigenvalue weighted by Crippen LogP contribution is -2.35. The molecule has 9 heteroatoms. The van der Waals surface area contributed by atoms with Crippen molar-refractivity contribution < 1.29 is 14.3 Å². The Morgan fingerprint density at radius 1 is 1.24 bits per heavy atom. The van der Waals surface area contributed by atoms with Gasteiger partial charge in [0.05, 0.1) is 42.0 Å². The SMILES string of the molecule is COCc1cc2c(cc1C(C)C)N1C[C@H](C)CCCOc3c(cnn3C)-c3cc(cc(C)n3)C(=O)/N=C/1N2. The molecule has 0 saturated carbocycles. The second-order valence-corrected chi connectivity index (χ2v) is 10.6. The number of nitrogens with zero attached hydrogens (tertiary/aromatic N) is 5. The summed E-state index contributed by atoms with van der Waals surface area (Å²) in [6.07, 6.45) is 3.59. The van der Waals surface area contributed by atoms with Crippen molar-refractivity contribution in [3.63, 3.8) is 0 Å². The molecule has 5 rings (SSSR count). The van der Waals surface area contributed by atoms with Gasteiger partial charge >= 0.3 is 0 Å². The number of anilines is 2. The molecule has 1 amide bonds. The molecule has 1 atom stereocenters. The van der Waals surface area contributed by atoms with E-state index in [4.69, 9.17) is 9.47 Å². The number of ether oxygens (including phenoxy) is 2. The van der Waals surface area contributed by atoms with Gasteiger partial charge in [-0.25, -0.2) is 4.68 Å². The van der Waals surface area contributed by atoms with E-state index in [1.807, 2.05) is 14.0 Å². The van der Waals surface area contributed by atoms with Gasteiger partial charge in [-0.05, 0) is 67.0 Å². The highest BCUT2D eigenvalue weighted by Crippen LogP contribution is 2.39. The van der Waals surface area contributed by atoms with Gasteiger partial charge in [0.2, 0.25) is 11.8 Å². The first-order chi connectivity index (χ1) is 18.2. The van der Waals surface area contributed by atoms with Crippen LogP contribution in [-0.4, -0.2) is 46.9 Å². The van der Waals surface area contributed by atoms with Gasteiger partial charge in [0.15, 0.2) is 0 Å². The Labute approximate surface area is 223 Å². The number of rotatable bonds is 3. The molecule has 2 aromatic heterocycles. The van der Waals surface area contributed by atoms with E-state index in [2.05, 4.69) is 58.2 Å². The lowest BCUT2D eigenvalue weighted by molar-refractivity contribution is 0.100. The van der Waals surface area contributed by atoms with Crippen LogP contribution in [0.15, 0.2) is 35.5 Å². The number of nitrogens with one attached hydrogen (secondary N) is 1. The zero-order valence-corrected chi connectivity index (χ0v) is 23.0. The largest absolute Gasteiger partial charge is 0.477 e. The smallest absolute Gasteiger partial charge is 0.280 e. The van der Waals surface area contributed by atoms with Gasteiger partial charge in [0.1, 0.15) is 0 Å². The number of carbonyl (C=O) groups is 1. The normalized spacial score (nSPS) is 18.9. The summed E-state index contributed by atoms with van der Waals surface area (Å²) in [5, 5.41) is 7.81. The Bertz CT molecular complexity index is 1390. The standard InChI is InChI=1S/C29H36N6O3/c1-17(2)22-13-26-25(12-21(22)16-37-6)32-29-33-27(36)20-10-19(4)31-24(11-20)23-14-30-34(5)28(23)38-9-7-8-18(3)15-35(26)29/h10-14,17-18H,7-9,15-16H2,1-6H3,(H,32,33,36)/t18-/m1/s1. The molecule has 0 spiro atoms. The number of pyridine rings is 1. The number of hydrogen-bond donors (Lipinski definition) is 1. The van der Waals surface area contributed by atoms with E-state index in [-0.39, 0.29) is 5.91 Å². The molecule has 1 N–H and O–H groups in total. The van der Waals surface area contributed by atoms with E-state index in [1.165, 1.54) is 5.56 Å². The summed E-state index contributed by atoms with van der Waals surface area (Å²) in [4.78, 5) is 25.0. The zero-order valence-electron chi connectivity index (χ0n) is 23.0. The van der Waals surface area contributed by atoms with Crippen LogP contribution in [0.3, 0.4) is 0 Å². The van der Waals surface area contributed by atoms with Gasteiger partial charge in [0.25, 0.3) is 5.91 Å². The van der Waals surface area contributed by atoms with E-state index in [1.54, 1.807) is 30.1 Å². The molecular weight excluding hydrogens is 480 g/mol. The zero-order chi connectivity index (χ0) is 27.0. The van der Waals surface area contributed by atoms with Gasteiger partial charge in [-0.1, -0.05) is 20.8 Å². The molecule has 0 aliphatic carbocycles. The topological polar surface area (TPSA) is 93.9 Å². The summed E-state index contributed by atoms with van der Waals surface area (Å²) in [6.45, 7) is 10.3. The highest BCUT2D eigenvalue weighted by Gasteiger charge is 2.30. The summed E-state index contributed by atoms with van der Waals surface area (Å²) in [5.74, 6) is 1.55. The molecule has 0 radical (unpaired) electrons. The Morgan fingerprint density at radius 3 is 2.82 bits per heavy atom. The minimum atomic E-state index is -0.327. The van der Waals surface area contributed by atoms with Gasteiger partial charge in [0, 0.05) is 32.0 Å². The number of carbonyl (C=O) groups excluding carboxylic acids is 1. The number of guanidine groups is 1. The van der Waals surface area contributed by atoms with Crippen LogP contribution in [0.5, 0.6) is 5.88 Å². The van der Waals surface area contributed by atoms with E-state index < -0.39 is 0 Å². The average molecular weight is 517 g/mol. The van der Waals surface area contributed by atoms with Crippen molar-refractivity contribution in [1.82, 2.24) is 14.8 Å². The summed E-state index contributed by atoms with van der Waals surface area (Å²) in [5.41, 5.74) is 6.95. The average Bonchev–Trinajstić information content (AvgIpc) is 3.39. The summed E-state index contributed by atoms with van der Waals surface area (Å²) in [6, 6.07) is 7.89. The molecule has 38 heavy (non-hydrogen) atoms. The lowest BCUT2D eigenvalue weighted by atomic mass is 9.95. The van der Waals surface area contributed by atoms with E-state index in [9.17, 15) is 4.79 Å². The van der Waals surface area contributed by atoms with Crippen LogP contribution in [0, 0.1) is 12.8 Å². The number of aliphatic imine (C=N–C) groups is 1. The maximum atomic E-state index is 13.6. The molecule has 9 nitrogen and oxygen atoms in total. The van der Waals surface area contributed by atoms with Gasteiger partial charge < -0.3 is 19.7 Å². The molecule has 0 saturated heterocycles. The number of amides is 1. The fourth-order valence-corrected chi connectivity index (χ4v) is 5.23. The third-order valence-corrected chi connectivity index (χ3v) is 7.11.